The minimum Gasteiger partial charge on any atom is -0.494 e. The summed E-state index contributed by atoms with van der Waals surface area (Å²) in [5.41, 5.74) is 2.10. The number of sulfonamides is 1. The van der Waals surface area contributed by atoms with Crippen LogP contribution < -0.4 is 4.74 Å². The molecule has 0 saturated heterocycles. The Morgan fingerprint density at radius 2 is 1.75 bits per heavy atom. The molecule has 0 saturated carbocycles. The lowest BCUT2D eigenvalue weighted by Gasteiger charge is -2.17. The summed E-state index contributed by atoms with van der Waals surface area (Å²) in [4.78, 5) is 4.81. The number of hydrogen-bond acceptors (Lipinski definition) is 5. The van der Waals surface area contributed by atoms with Gasteiger partial charge in [0.1, 0.15) is 11.5 Å². The van der Waals surface area contributed by atoms with Crippen molar-refractivity contribution in [3.05, 3.63) is 65.5 Å². The zero-order valence-corrected chi connectivity index (χ0v) is 17.3. The maximum absolute atomic E-state index is 12.9. The summed E-state index contributed by atoms with van der Waals surface area (Å²) in [5, 5.41) is 0. The standard InChI is InChI=1S/C21H24N2O4S/c1-5-26-18-12-10-17(11-13-18)21-22-19(16(3)27-21)14-23(4)28(24,25)20-9-7-6-8-15(20)2/h6-13H,5,14H2,1-4H3. The molecule has 0 atom stereocenters. The number of aryl methyl sites for hydroxylation is 2. The molecule has 0 aliphatic carbocycles. The van der Waals surface area contributed by atoms with E-state index in [2.05, 4.69) is 4.98 Å². The highest BCUT2D eigenvalue weighted by molar-refractivity contribution is 7.89. The Labute approximate surface area is 165 Å². The average Bonchev–Trinajstić information content (AvgIpc) is 3.03. The van der Waals surface area contributed by atoms with Gasteiger partial charge in [0, 0.05) is 12.6 Å². The van der Waals surface area contributed by atoms with E-state index in [1.807, 2.05) is 37.3 Å². The third kappa shape index (κ3) is 4.10. The van der Waals surface area contributed by atoms with Crippen LogP contribution in [0.1, 0.15) is 23.9 Å². The van der Waals surface area contributed by atoms with Gasteiger partial charge >= 0.3 is 0 Å². The fourth-order valence-corrected chi connectivity index (χ4v) is 4.22. The van der Waals surface area contributed by atoms with Crippen molar-refractivity contribution in [3.8, 4) is 17.2 Å². The minimum absolute atomic E-state index is 0.128. The van der Waals surface area contributed by atoms with E-state index < -0.39 is 10.0 Å². The lowest BCUT2D eigenvalue weighted by atomic mass is 10.2. The SMILES string of the molecule is CCOc1ccc(-c2nc(CN(C)S(=O)(=O)c3ccccc3C)c(C)o2)cc1. The van der Waals surface area contributed by atoms with Gasteiger partial charge in [-0.3, -0.25) is 0 Å². The Kier molecular flexibility index (Phi) is 5.86. The number of rotatable bonds is 7. The van der Waals surface area contributed by atoms with E-state index in [4.69, 9.17) is 9.15 Å². The molecule has 0 aliphatic rings. The fraction of sp³-hybridized carbons (Fsp3) is 0.286. The van der Waals surface area contributed by atoms with Gasteiger partial charge < -0.3 is 9.15 Å². The molecule has 28 heavy (non-hydrogen) atoms. The van der Waals surface area contributed by atoms with Gasteiger partial charge in [0.2, 0.25) is 15.9 Å². The Balaban J connectivity index is 1.82. The minimum atomic E-state index is -3.62. The van der Waals surface area contributed by atoms with E-state index >= 15 is 0 Å². The van der Waals surface area contributed by atoms with Gasteiger partial charge in [-0.15, -0.1) is 0 Å². The summed E-state index contributed by atoms with van der Waals surface area (Å²) in [5.74, 6) is 1.83. The number of nitrogens with zero attached hydrogens (tertiary/aromatic N) is 2. The largest absolute Gasteiger partial charge is 0.494 e. The van der Waals surface area contributed by atoms with Gasteiger partial charge in [0.05, 0.1) is 23.7 Å². The van der Waals surface area contributed by atoms with Crippen LogP contribution >= 0.6 is 0 Å². The topological polar surface area (TPSA) is 72.6 Å². The second-order valence-corrected chi connectivity index (χ2v) is 8.52. The van der Waals surface area contributed by atoms with Crippen molar-refractivity contribution in [2.45, 2.75) is 32.2 Å². The quantitative estimate of drug-likeness (QED) is 0.595. The molecule has 2 aromatic carbocycles. The van der Waals surface area contributed by atoms with Crippen LogP contribution in [-0.2, 0) is 16.6 Å². The number of oxazole rings is 1. The molecule has 0 aliphatic heterocycles. The summed E-state index contributed by atoms with van der Waals surface area (Å²) in [6, 6.07) is 14.4. The second-order valence-electron chi connectivity index (χ2n) is 6.51. The van der Waals surface area contributed by atoms with Crippen molar-refractivity contribution in [2.24, 2.45) is 0 Å². The molecule has 0 radical (unpaired) electrons. The third-order valence-corrected chi connectivity index (χ3v) is 6.42. The lowest BCUT2D eigenvalue weighted by molar-refractivity contribution is 0.340. The number of ether oxygens (including phenoxy) is 1. The number of benzene rings is 2. The fourth-order valence-electron chi connectivity index (χ4n) is 2.87. The van der Waals surface area contributed by atoms with Gasteiger partial charge in [-0.1, -0.05) is 18.2 Å². The van der Waals surface area contributed by atoms with Crippen LogP contribution in [0.15, 0.2) is 57.8 Å². The monoisotopic (exact) mass is 400 g/mol. The molecule has 7 heteroatoms. The van der Waals surface area contributed by atoms with Crippen molar-refractivity contribution in [1.82, 2.24) is 9.29 Å². The highest BCUT2D eigenvalue weighted by atomic mass is 32.2. The molecule has 0 bridgehead atoms. The van der Waals surface area contributed by atoms with Gasteiger partial charge in [-0.25, -0.2) is 13.4 Å². The summed E-state index contributed by atoms with van der Waals surface area (Å²) in [6.07, 6.45) is 0. The van der Waals surface area contributed by atoms with E-state index in [0.717, 1.165) is 11.3 Å². The van der Waals surface area contributed by atoms with Gasteiger partial charge in [0.15, 0.2) is 0 Å². The highest BCUT2D eigenvalue weighted by Gasteiger charge is 2.24. The summed E-state index contributed by atoms with van der Waals surface area (Å²) >= 11 is 0. The third-order valence-electron chi connectivity index (χ3n) is 4.46. The molecular weight excluding hydrogens is 376 g/mol. The zero-order chi connectivity index (χ0) is 20.3. The molecule has 0 amide bonds. The molecule has 0 unspecified atom stereocenters. The first-order valence-electron chi connectivity index (χ1n) is 9.04. The summed E-state index contributed by atoms with van der Waals surface area (Å²) < 4.78 is 38.3. The number of aromatic nitrogens is 1. The van der Waals surface area contributed by atoms with E-state index in [1.54, 1.807) is 39.1 Å². The van der Waals surface area contributed by atoms with Crippen molar-refractivity contribution in [3.63, 3.8) is 0 Å². The van der Waals surface area contributed by atoms with Crippen LogP contribution in [0, 0.1) is 13.8 Å². The van der Waals surface area contributed by atoms with E-state index in [1.165, 1.54) is 4.31 Å². The molecule has 148 valence electrons. The first-order chi connectivity index (χ1) is 13.3. The Morgan fingerprint density at radius 1 is 1.07 bits per heavy atom. The first kappa shape index (κ1) is 20.1. The van der Waals surface area contributed by atoms with Gasteiger partial charge in [-0.2, -0.15) is 4.31 Å². The van der Waals surface area contributed by atoms with Crippen LogP contribution in [0.25, 0.3) is 11.5 Å². The normalized spacial score (nSPS) is 11.8. The molecule has 0 spiro atoms. The molecule has 6 nitrogen and oxygen atoms in total. The van der Waals surface area contributed by atoms with Crippen LogP contribution in [-0.4, -0.2) is 31.4 Å². The Morgan fingerprint density at radius 3 is 2.39 bits per heavy atom. The predicted molar refractivity (Wildman–Crippen MR) is 108 cm³/mol. The van der Waals surface area contributed by atoms with Crippen molar-refractivity contribution < 1.29 is 17.6 Å². The molecule has 1 heterocycles. The van der Waals surface area contributed by atoms with Crippen molar-refractivity contribution >= 4 is 10.0 Å². The highest BCUT2D eigenvalue weighted by Crippen LogP contribution is 2.26. The van der Waals surface area contributed by atoms with Crippen LogP contribution in [0.2, 0.25) is 0 Å². The Hall–Kier alpha value is -2.64. The predicted octanol–water partition coefficient (Wildman–Crippen LogP) is 4.18. The number of hydrogen-bond donors (Lipinski definition) is 0. The average molecular weight is 401 g/mol. The maximum atomic E-state index is 12.9. The molecule has 0 N–H and O–H groups in total. The molecular formula is C21H24N2O4S. The molecule has 3 rings (SSSR count). The lowest BCUT2D eigenvalue weighted by Crippen LogP contribution is -2.27. The second kappa shape index (κ2) is 8.16. The van der Waals surface area contributed by atoms with Crippen LogP contribution in [0.5, 0.6) is 5.75 Å². The van der Waals surface area contributed by atoms with E-state index in [9.17, 15) is 8.42 Å². The van der Waals surface area contributed by atoms with Gasteiger partial charge in [0.25, 0.3) is 0 Å². The van der Waals surface area contributed by atoms with Crippen molar-refractivity contribution in [1.29, 1.82) is 0 Å². The van der Waals surface area contributed by atoms with E-state index in [-0.39, 0.29) is 6.54 Å². The molecule has 0 fully saturated rings. The molecule has 1 aromatic heterocycles. The smallest absolute Gasteiger partial charge is 0.243 e. The first-order valence-corrected chi connectivity index (χ1v) is 10.5. The van der Waals surface area contributed by atoms with E-state index in [0.29, 0.717) is 34.4 Å². The van der Waals surface area contributed by atoms with Crippen molar-refractivity contribution in [2.75, 3.05) is 13.7 Å². The maximum Gasteiger partial charge on any atom is 0.243 e. The van der Waals surface area contributed by atoms with Gasteiger partial charge in [-0.05, 0) is 56.7 Å². The summed E-state index contributed by atoms with van der Waals surface area (Å²) in [7, 11) is -2.07. The van der Waals surface area contributed by atoms with Crippen LogP contribution in [0.3, 0.4) is 0 Å². The molecule has 3 aromatic rings. The van der Waals surface area contributed by atoms with Crippen LogP contribution in [0.4, 0.5) is 0 Å². The zero-order valence-electron chi connectivity index (χ0n) is 16.5. The Bertz CT molecular complexity index is 1060. The summed E-state index contributed by atoms with van der Waals surface area (Å²) in [6.45, 7) is 6.23.